The normalized spacial score (nSPS) is 14.1. The zero-order valence-electron chi connectivity index (χ0n) is 11.6. The number of rotatable bonds is 1. The molecule has 0 aliphatic carbocycles. The van der Waals surface area contributed by atoms with Gasteiger partial charge in [0, 0.05) is 36.0 Å². The highest BCUT2D eigenvalue weighted by Gasteiger charge is 2.23. The van der Waals surface area contributed by atoms with Gasteiger partial charge in [-0.25, -0.2) is 14.4 Å². The first-order valence-electron chi connectivity index (χ1n) is 6.97. The van der Waals surface area contributed by atoms with Crippen LogP contribution in [0.1, 0.15) is 20.9 Å². The van der Waals surface area contributed by atoms with Crippen molar-refractivity contribution in [3.63, 3.8) is 0 Å². The molecule has 3 heterocycles. The number of carbonyl (C=O) groups excluding carboxylic acids is 1. The molecule has 2 aromatic heterocycles. The van der Waals surface area contributed by atoms with Crippen molar-refractivity contribution in [1.82, 2.24) is 14.9 Å². The third-order valence-corrected chi connectivity index (χ3v) is 4.94. The van der Waals surface area contributed by atoms with Crippen LogP contribution in [0.2, 0.25) is 0 Å². The Morgan fingerprint density at radius 1 is 1.32 bits per heavy atom. The lowest BCUT2D eigenvalue weighted by Gasteiger charge is -2.27. The lowest BCUT2D eigenvalue weighted by Crippen LogP contribution is -2.36. The molecular formula is C16H12FN3OS. The fraction of sp³-hybridized carbons (Fsp3) is 0.188. The minimum absolute atomic E-state index is 0.0175. The highest BCUT2D eigenvalue weighted by atomic mass is 32.1. The van der Waals surface area contributed by atoms with Crippen molar-refractivity contribution < 1.29 is 9.18 Å². The monoisotopic (exact) mass is 313 g/mol. The van der Waals surface area contributed by atoms with Gasteiger partial charge in [-0.2, -0.15) is 0 Å². The topological polar surface area (TPSA) is 46.1 Å². The summed E-state index contributed by atoms with van der Waals surface area (Å²) < 4.78 is 14.2. The maximum absolute atomic E-state index is 13.3. The van der Waals surface area contributed by atoms with Gasteiger partial charge in [0.25, 0.3) is 5.91 Å². The first-order valence-corrected chi connectivity index (χ1v) is 7.78. The van der Waals surface area contributed by atoms with E-state index in [0.29, 0.717) is 18.0 Å². The van der Waals surface area contributed by atoms with E-state index in [1.165, 1.54) is 29.8 Å². The van der Waals surface area contributed by atoms with Crippen LogP contribution >= 0.6 is 11.3 Å². The summed E-state index contributed by atoms with van der Waals surface area (Å²) in [5, 5.41) is 0.772. The van der Waals surface area contributed by atoms with Crippen molar-refractivity contribution in [1.29, 1.82) is 0 Å². The van der Waals surface area contributed by atoms with Gasteiger partial charge in [0.2, 0.25) is 0 Å². The molecule has 0 spiro atoms. The van der Waals surface area contributed by atoms with Gasteiger partial charge in [-0.3, -0.25) is 4.79 Å². The predicted molar refractivity (Wildman–Crippen MR) is 82.3 cm³/mol. The Morgan fingerprint density at radius 2 is 2.23 bits per heavy atom. The number of fused-ring (bicyclic) bond motifs is 2. The van der Waals surface area contributed by atoms with Gasteiger partial charge < -0.3 is 4.90 Å². The standard InChI is InChI=1S/C16H12FN3OS/c17-12-1-2-14-10(5-12)6-15(22-14)16(21)20-4-3-13-11(8-20)7-18-9-19-13/h1-2,5-7,9H,3-4,8H2. The van der Waals surface area contributed by atoms with E-state index in [0.717, 1.165) is 27.8 Å². The molecule has 4 nitrogen and oxygen atoms in total. The van der Waals surface area contributed by atoms with Crippen molar-refractivity contribution in [2.45, 2.75) is 13.0 Å². The van der Waals surface area contributed by atoms with Crippen molar-refractivity contribution in [3.8, 4) is 0 Å². The molecule has 1 amide bonds. The largest absolute Gasteiger partial charge is 0.333 e. The van der Waals surface area contributed by atoms with Crippen molar-refractivity contribution in [2.24, 2.45) is 0 Å². The van der Waals surface area contributed by atoms with E-state index in [2.05, 4.69) is 9.97 Å². The molecule has 1 aliphatic heterocycles. The van der Waals surface area contributed by atoms with Gasteiger partial charge in [0.15, 0.2) is 0 Å². The number of halogens is 1. The van der Waals surface area contributed by atoms with Gasteiger partial charge in [0.1, 0.15) is 12.1 Å². The number of hydrogen-bond acceptors (Lipinski definition) is 4. The summed E-state index contributed by atoms with van der Waals surface area (Å²) in [6, 6.07) is 6.36. The summed E-state index contributed by atoms with van der Waals surface area (Å²) in [4.78, 5) is 23.4. The second kappa shape index (κ2) is 5.14. The molecular weight excluding hydrogens is 301 g/mol. The van der Waals surface area contributed by atoms with Gasteiger partial charge >= 0.3 is 0 Å². The summed E-state index contributed by atoms with van der Waals surface area (Å²) in [7, 11) is 0. The second-order valence-electron chi connectivity index (χ2n) is 5.26. The molecule has 0 atom stereocenters. The number of carbonyl (C=O) groups is 1. The third kappa shape index (κ3) is 2.25. The fourth-order valence-corrected chi connectivity index (χ4v) is 3.73. The van der Waals surface area contributed by atoms with E-state index in [9.17, 15) is 9.18 Å². The van der Waals surface area contributed by atoms with Crippen LogP contribution in [0, 0.1) is 5.82 Å². The van der Waals surface area contributed by atoms with E-state index in [1.54, 1.807) is 23.2 Å². The molecule has 0 unspecified atom stereocenters. The summed E-state index contributed by atoms with van der Waals surface area (Å²) in [6.07, 6.45) is 4.04. The van der Waals surface area contributed by atoms with Gasteiger partial charge in [-0.05, 0) is 29.7 Å². The zero-order chi connectivity index (χ0) is 15.1. The summed E-state index contributed by atoms with van der Waals surface area (Å²) >= 11 is 1.40. The average Bonchev–Trinajstić information content (AvgIpc) is 2.96. The molecule has 3 aromatic rings. The Labute approximate surface area is 130 Å². The molecule has 1 aromatic carbocycles. The van der Waals surface area contributed by atoms with E-state index < -0.39 is 0 Å². The van der Waals surface area contributed by atoms with Crippen molar-refractivity contribution >= 4 is 27.3 Å². The SMILES string of the molecule is O=C(c1cc2cc(F)ccc2s1)N1CCc2ncncc2C1. The van der Waals surface area contributed by atoms with Crippen LogP contribution < -0.4 is 0 Å². The maximum Gasteiger partial charge on any atom is 0.264 e. The zero-order valence-corrected chi connectivity index (χ0v) is 12.4. The lowest BCUT2D eigenvalue weighted by atomic mass is 10.1. The number of aromatic nitrogens is 2. The minimum Gasteiger partial charge on any atom is -0.333 e. The first kappa shape index (κ1) is 13.3. The van der Waals surface area contributed by atoms with Gasteiger partial charge in [-0.1, -0.05) is 0 Å². The lowest BCUT2D eigenvalue weighted by molar-refractivity contribution is 0.0738. The highest BCUT2D eigenvalue weighted by molar-refractivity contribution is 7.20. The number of nitrogens with zero attached hydrogens (tertiary/aromatic N) is 3. The fourth-order valence-electron chi connectivity index (χ4n) is 2.72. The summed E-state index contributed by atoms with van der Waals surface area (Å²) in [5.74, 6) is -0.301. The van der Waals surface area contributed by atoms with Crippen molar-refractivity contribution in [2.75, 3.05) is 6.54 Å². The molecule has 0 bridgehead atoms. The number of thiophene rings is 1. The minimum atomic E-state index is -0.284. The molecule has 1 aliphatic rings. The molecule has 0 N–H and O–H groups in total. The molecule has 0 saturated carbocycles. The Hall–Kier alpha value is -2.34. The van der Waals surface area contributed by atoms with E-state index in [1.807, 2.05) is 0 Å². The highest BCUT2D eigenvalue weighted by Crippen LogP contribution is 2.28. The molecule has 0 saturated heterocycles. The van der Waals surface area contributed by atoms with E-state index in [-0.39, 0.29) is 11.7 Å². The molecule has 22 heavy (non-hydrogen) atoms. The molecule has 6 heteroatoms. The Balaban J connectivity index is 1.64. The Morgan fingerprint density at radius 3 is 3.14 bits per heavy atom. The Kier molecular flexibility index (Phi) is 3.11. The van der Waals surface area contributed by atoms with Gasteiger partial charge in [0.05, 0.1) is 10.6 Å². The van der Waals surface area contributed by atoms with E-state index >= 15 is 0 Å². The summed E-state index contributed by atoms with van der Waals surface area (Å²) in [6.45, 7) is 1.17. The molecule has 0 fully saturated rings. The summed E-state index contributed by atoms with van der Waals surface area (Å²) in [5.41, 5.74) is 2.01. The van der Waals surface area contributed by atoms with Crippen LogP contribution in [-0.4, -0.2) is 27.3 Å². The predicted octanol–water partition coefficient (Wildman–Crippen LogP) is 3.03. The molecule has 4 rings (SSSR count). The van der Waals surface area contributed by atoms with Crippen molar-refractivity contribution in [3.05, 3.63) is 58.7 Å². The number of hydrogen-bond donors (Lipinski definition) is 0. The number of amides is 1. The third-order valence-electron chi connectivity index (χ3n) is 3.84. The first-order chi connectivity index (χ1) is 10.7. The van der Waals surface area contributed by atoms with Crippen LogP contribution in [-0.2, 0) is 13.0 Å². The van der Waals surface area contributed by atoms with Crippen LogP contribution in [0.3, 0.4) is 0 Å². The second-order valence-corrected chi connectivity index (χ2v) is 6.35. The smallest absolute Gasteiger partial charge is 0.264 e. The molecule has 0 radical (unpaired) electrons. The molecule has 110 valence electrons. The van der Waals surface area contributed by atoms with Crippen LogP contribution in [0.25, 0.3) is 10.1 Å². The van der Waals surface area contributed by atoms with E-state index in [4.69, 9.17) is 0 Å². The van der Waals surface area contributed by atoms with Crippen LogP contribution in [0.4, 0.5) is 4.39 Å². The van der Waals surface area contributed by atoms with Crippen LogP contribution in [0.15, 0.2) is 36.8 Å². The Bertz CT molecular complexity index is 877. The quantitative estimate of drug-likeness (QED) is 0.694. The number of benzene rings is 1. The van der Waals surface area contributed by atoms with Crippen LogP contribution in [0.5, 0.6) is 0 Å². The average molecular weight is 313 g/mol. The van der Waals surface area contributed by atoms with Gasteiger partial charge in [-0.15, -0.1) is 11.3 Å². The maximum atomic E-state index is 13.3.